The molecule has 0 bridgehead atoms. The molecule has 0 aliphatic heterocycles. The molecule has 2 aromatic carbocycles. The van der Waals surface area contributed by atoms with Gasteiger partial charge in [0.25, 0.3) is 0 Å². The highest BCUT2D eigenvalue weighted by molar-refractivity contribution is 5.35. The van der Waals surface area contributed by atoms with Crippen LogP contribution < -0.4 is 9.47 Å². The molecule has 0 N–H and O–H groups in total. The summed E-state index contributed by atoms with van der Waals surface area (Å²) in [5.41, 5.74) is 1.87. The minimum absolute atomic E-state index is 0.367. The fraction of sp³-hybridized carbons (Fsp3) is 0.333. The molecule has 0 aliphatic carbocycles. The van der Waals surface area contributed by atoms with Crippen molar-refractivity contribution in [1.29, 1.82) is 10.5 Å². The van der Waals surface area contributed by atoms with E-state index in [-0.39, 0.29) is 0 Å². The maximum absolute atomic E-state index is 8.82. The van der Waals surface area contributed by atoms with E-state index in [2.05, 4.69) is 12.1 Å². The van der Waals surface area contributed by atoms with E-state index in [1.54, 1.807) is 0 Å². The Kier molecular flexibility index (Phi) is 7.88. The molecule has 25 heavy (non-hydrogen) atoms. The van der Waals surface area contributed by atoms with Gasteiger partial charge in [-0.05, 0) is 31.4 Å². The molecule has 4 nitrogen and oxygen atoms in total. The number of rotatable bonds is 10. The molecule has 0 heterocycles. The molecule has 0 unspecified atom stereocenters. The molecule has 0 aliphatic rings. The smallest absolute Gasteiger partial charge is 0.123 e. The van der Waals surface area contributed by atoms with Crippen molar-refractivity contribution in [2.75, 3.05) is 13.2 Å². The van der Waals surface area contributed by atoms with Crippen molar-refractivity contribution in [1.82, 2.24) is 0 Å². The summed E-state index contributed by atoms with van der Waals surface area (Å²) in [5.74, 6) is 1.59. The van der Waals surface area contributed by atoms with E-state index >= 15 is 0 Å². The molecule has 0 saturated carbocycles. The van der Waals surface area contributed by atoms with Gasteiger partial charge in [0.15, 0.2) is 0 Å². The summed E-state index contributed by atoms with van der Waals surface area (Å²) >= 11 is 0. The summed E-state index contributed by atoms with van der Waals surface area (Å²) in [6, 6.07) is 19.6. The van der Waals surface area contributed by atoms with E-state index in [0.29, 0.717) is 26.1 Å². The maximum Gasteiger partial charge on any atom is 0.123 e. The number of benzene rings is 2. The van der Waals surface area contributed by atoms with Crippen LogP contribution in [0, 0.1) is 22.7 Å². The van der Waals surface area contributed by atoms with Gasteiger partial charge in [-0.15, -0.1) is 0 Å². The molecule has 4 heteroatoms. The van der Waals surface area contributed by atoms with Gasteiger partial charge in [0.1, 0.15) is 11.5 Å². The van der Waals surface area contributed by atoms with Gasteiger partial charge < -0.3 is 9.47 Å². The van der Waals surface area contributed by atoms with E-state index < -0.39 is 0 Å². The van der Waals surface area contributed by atoms with Gasteiger partial charge in [-0.1, -0.05) is 36.4 Å². The Morgan fingerprint density at radius 1 is 0.640 bits per heavy atom. The normalized spacial score (nSPS) is 9.84. The second-order valence-electron chi connectivity index (χ2n) is 5.64. The summed E-state index contributed by atoms with van der Waals surface area (Å²) in [6.07, 6.45) is 3.60. The van der Waals surface area contributed by atoms with Crippen molar-refractivity contribution >= 4 is 0 Å². The Labute approximate surface area is 149 Å². The Morgan fingerprint density at radius 2 is 1.08 bits per heavy atom. The van der Waals surface area contributed by atoms with Gasteiger partial charge in [0.05, 0.1) is 38.2 Å². The number of ether oxygens (including phenoxy) is 2. The van der Waals surface area contributed by atoms with Gasteiger partial charge in [0, 0.05) is 11.1 Å². The van der Waals surface area contributed by atoms with Crippen molar-refractivity contribution in [3.8, 4) is 23.6 Å². The first-order valence-corrected chi connectivity index (χ1v) is 8.50. The quantitative estimate of drug-likeness (QED) is 0.602. The molecule has 0 aromatic heterocycles. The van der Waals surface area contributed by atoms with Gasteiger partial charge in [0.2, 0.25) is 0 Å². The van der Waals surface area contributed by atoms with Gasteiger partial charge in [-0.25, -0.2) is 0 Å². The molecular formula is C21H22N2O2. The molecule has 2 aromatic rings. The van der Waals surface area contributed by atoms with Crippen LogP contribution in [0.15, 0.2) is 48.5 Å². The van der Waals surface area contributed by atoms with Crippen LogP contribution in [0.1, 0.15) is 30.4 Å². The summed E-state index contributed by atoms with van der Waals surface area (Å²) in [7, 11) is 0. The van der Waals surface area contributed by atoms with Crippen LogP contribution >= 0.6 is 0 Å². The van der Waals surface area contributed by atoms with E-state index in [1.165, 1.54) is 0 Å². The second kappa shape index (κ2) is 10.7. The summed E-state index contributed by atoms with van der Waals surface area (Å²) in [5, 5.41) is 17.6. The lowest BCUT2D eigenvalue weighted by molar-refractivity contribution is 0.277. The van der Waals surface area contributed by atoms with Crippen LogP contribution in [0.4, 0.5) is 0 Å². The zero-order chi connectivity index (χ0) is 17.7. The summed E-state index contributed by atoms with van der Waals surface area (Å²) in [6.45, 7) is 1.26. The van der Waals surface area contributed by atoms with Crippen molar-refractivity contribution in [2.24, 2.45) is 0 Å². The Hall–Kier alpha value is -2.98. The minimum Gasteiger partial charge on any atom is -0.493 e. The predicted octanol–water partition coefficient (Wildman–Crippen LogP) is 4.45. The van der Waals surface area contributed by atoms with Crippen molar-refractivity contribution in [2.45, 2.75) is 32.1 Å². The average Bonchev–Trinajstić information content (AvgIpc) is 2.64. The monoisotopic (exact) mass is 334 g/mol. The molecule has 0 amide bonds. The number of hydrogen-bond donors (Lipinski definition) is 0. The number of hydrogen-bond acceptors (Lipinski definition) is 4. The van der Waals surface area contributed by atoms with Gasteiger partial charge in [-0.3, -0.25) is 0 Å². The van der Waals surface area contributed by atoms with Crippen LogP contribution in [0.5, 0.6) is 11.5 Å². The van der Waals surface area contributed by atoms with Gasteiger partial charge in [-0.2, -0.15) is 10.5 Å². The van der Waals surface area contributed by atoms with Crippen molar-refractivity contribution < 1.29 is 9.47 Å². The third-order valence-electron chi connectivity index (χ3n) is 3.79. The van der Waals surface area contributed by atoms with E-state index in [0.717, 1.165) is 41.9 Å². The second-order valence-corrected chi connectivity index (χ2v) is 5.64. The lowest BCUT2D eigenvalue weighted by Gasteiger charge is -2.11. The molecule has 0 atom stereocenters. The first kappa shape index (κ1) is 18.4. The fourth-order valence-corrected chi connectivity index (χ4v) is 2.50. The van der Waals surface area contributed by atoms with Crippen LogP contribution in [0.2, 0.25) is 0 Å². The number of nitriles is 2. The van der Waals surface area contributed by atoms with Crippen LogP contribution in [-0.2, 0) is 12.8 Å². The van der Waals surface area contributed by atoms with E-state index in [9.17, 15) is 0 Å². The lowest BCUT2D eigenvalue weighted by atomic mass is 10.1. The molecule has 0 fully saturated rings. The number of nitrogens with zero attached hydrogens (tertiary/aromatic N) is 2. The van der Waals surface area contributed by atoms with Crippen LogP contribution in [-0.4, -0.2) is 13.2 Å². The number of para-hydroxylation sites is 2. The number of unbranched alkanes of at least 4 members (excludes halogenated alkanes) is 2. The Morgan fingerprint density at radius 3 is 1.52 bits per heavy atom. The molecule has 0 saturated heterocycles. The SMILES string of the molecule is N#CCc1ccccc1OCCCCCOc1ccccc1CC#N. The van der Waals surface area contributed by atoms with E-state index in [4.69, 9.17) is 20.0 Å². The highest BCUT2D eigenvalue weighted by Crippen LogP contribution is 2.20. The average molecular weight is 334 g/mol. The molecule has 0 spiro atoms. The first-order chi connectivity index (χ1) is 12.3. The Bertz CT molecular complexity index is 681. The summed E-state index contributed by atoms with van der Waals surface area (Å²) < 4.78 is 11.6. The minimum atomic E-state index is 0.367. The lowest BCUT2D eigenvalue weighted by Crippen LogP contribution is -2.03. The van der Waals surface area contributed by atoms with Crippen molar-refractivity contribution in [3.05, 3.63) is 59.7 Å². The highest BCUT2D eigenvalue weighted by atomic mass is 16.5. The standard InChI is InChI=1S/C21H22N2O2/c22-14-12-18-8-2-4-10-20(18)24-16-6-1-7-17-25-21-11-5-3-9-19(21)13-15-23/h2-5,8-11H,1,6-7,12-13,16-17H2. The van der Waals surface area contributed by atoms with E-state index in [1.807, 2.05) is 48.5 Å². The van der Waals surface area contributed by atoms with Gasteiger partial charge >= 0.3 is 0 Å². The maximum atomic E-state index is 8.82. The highest BCUT2D eigenvalue weighted by Gasteiger charge is 2.03. The summed E-state index contributed by atoms with van der Waals surface area (Å²) in [4.78, 5) is 0. The molecular weight excluding hydrogens is 312 g/mol. The predicted molar refractivity (Wildman–Crippen MR) is 96.4 cm³/mol. The molecule has 2 rings (SSSR count). The van der Waals surface area contributed by atoms with Crippen LogP contribution in [0.25, 0.3) is 0 Å². The van der Waals surface area contributed by atoms with Crippen LogP contribution in [0.3, 0.4) is 0 Å². The zero-order valence-electron chi connectivity index (χ0n) is 14.3. The largest absolute Gasteiger partial charge is 0.493 e. The topological polar surface area (TPSA) is 66.0 Å². The third-order valence-corrected chi connectivity index (χ3v) is 3.79. The van der Waals surface area contributed by atoms with Crippen molar-refractivity contribution in [3.63, 3.8) is 0 Å². The zero-order valence-corrected chi connectivity index (χ0v) is 14.3. The first-order valence-electron chi connectivity index (χ1n) is 8.50. The third kappa shape index (κ3) is 6.20. The molecule has 0 radical (unpaired) electrons. The fourth-order valence-electron chi connectivity index (χ4n) is 2.50. The molecule has 128 valence electrons. The Balaban J connectivity index is 1.65.